The first-order chi connectivity index (χ1) is 8.11. The summed E-state index contributed by atoms with van der Waals surface area (Å²) in [6.45, 7) is 0.0706. The molecule has 2 atom stereocenters. The average Bonchev–Trinajstić information content (AvgIpc) is 2.88. The fourth-order valence-electron chi connectivity index (χ4n) is 1.69. The topological polar surface area (TPSA) is 82.2 Å². The zero-order chi connectivity index (χ0) is 12.4. The van der Waals surface area contributed by atoms with Crippen molar-refractivity contribution in [3.63, 3.8) is 0 Å². The second kappa shape index (κ2) is 5.03. The average molecular weight is 275 g/mol. The minimum absolute atomic E-state index is 0.0706. The third kappa shape index (κ3) is 2.59. The van der Waals surface area contributed by atoms with Crippen molar-refractivity contribution in [1.29, 1.82) is 0 Å². The number of nitrogens with one attached hydrogen (secondary N) is 2. The summed E-state index contributed by atoms with van der Waals surface area (Å²) in [5.41, 5.74) is -0.447. The Labute approximate surface area is 106 Å². The van der Waals surface area contributed by atoms with Gasteiger partial charge in [0.1, 0.15) is 9.90 Å². The molecule has 0 unspecified atom stereocenters. The van der Waals surface area contributed by atoms with Gasteiger partial charge in [-0.2, -0.15) is 0 Å². The number of hydrogen-bond donors (Lipinski definition) is 3. The maximum absolute atomic E-state index is 11.8. The fourth-order valence-corrected chi connectivity index (χ4v) is 2.62. The van der Waals surface area contributed by atoms with Crippen molar-refractivity contribution < 1.29 is 9.90 Å². The van der Waals surface area contributed by atoms with Crippen LogP contribution in [-0.4, -0.2) is 28.0 Å². The molecule has 1 amide bonds. The summed E-state index contributed by atoms with van der Waals surface area (Å²) in [6, 6.07) is -0.118. The van der Waals surface area contributed by atoms with Gasteiger partial charge in [-0.25, -0.2) is 0 Å². The molecule has 0 saturated heterocycles. The molecule has 0 radical (unpaired) electrons. The second-order valence-corrected chi connectivity index (χ2v) is 5.01. The minimum atomic E-state index is -0.447. The highest BCUT2D eigenvalue weighted by atomic mass is 35.5. The maximum Gasteiger partial charge on any atom is 0.277 e. The highest BCUT2D eigenvalue weighted by Gasteiger charge is 2.22. The molecule has 7 heteroatoms. The molecular weight excluding hydrogens is 264 g/mol. The van der Waals surface area contributed by atoms with Crippen LogP contribution in [0.4, 0.5) is 0 Å². The van der Waals surface area contributed by atoms with Crippen molar-refractivity contribution in [2.45, 2.75) is 12.5 Å². The van der Waals surface area contributed by atoms with E-state index in [1.54, 1.807) is 0 Å². The van der Waals surface area contributed by atoms with Crippen molar-refractivity contribution in [3.8, 4) is 0 Å². The van der Waals surface area contributed by atoms with Crippen LogP contribution in [0.2, 0.25) is 5.02 Å². The third-order valence-corrected chi connectivity index (χ3v) is 3.93. The van der Waals surface area contributed by atoms with Crippen LogP contribution in [0, 0.1) is 5.92 Å². The van der Waals surface area contributed by atoms with Gasteiger partial charge in [-0.1, -0.05) is 35.3 Å². The molecule has 1 aromatic rings. The molecule has 1 aromatic heterocycles. The standard InChI is InChI=1S/C10H11ClN2O3S/c11-7-8(17-13-9(7)15)10(16)12-6-2-1-5(3-6)4-14/h1-2,5-6,14H,3-4H2,(H,12,16)(H,13,15)/t5-,6+/m0/s1. The van der Waals surface area contributed by atoms with Crippen LogP contribution < -0.4 is 10.9 Å². The van der Waals surface area contributed by atoms with E-state index in [4.69, 9.17) is 16.7 Å². The van der Waals surface area contributed by atoms with Crippen molar-refractivity contribution in [3.05, 3.63) is 32.4 Å². The lowest BCUT2D eigenvalue weighted by molar-refractivity contribution is 0.0945. The minimum Gasteiger partial charge on any atom is -0.396 e. The number of carbonyl (C=O) groups is 1. The molecule has 1 aliphatic carbocycles. The molecule has 1 heterocycles. The lowest BCUT2D eigenvalue weighted by Gasteiger charge is -2.11. The Morgan fingerprint density at radius 1 is 1.65 bits per heavy atom. The van der Waals surface area contributed by atoms with Crippen LogP contribution in [-0.2, 0) is 0 Å². The van der Waals surface area contributed by atoms with E-state index in [0.29, 0.717) is 6.42 Å². The Morgan fingerprint density at radius 3 is 2.94 bits per heavy atom. The number of aromatic nitrogens is 1. The number of carbonyl (C=O) groups excluding carboxylic acids is 1. The molecule has 1 aliphatic rings. The van der Waals surface area contributed by atoms with E-state index < -0.39 is 5.56 Å². The number of hydrogen-bond acceptors (Lipinski definition) is 4. The van der Waals surface area contributed by atoms with E-state index in [9.17, 15) is 9.59 Å². The predicted molar refractivity (Wildman–Crippen MR) is 65.5 cm³/mol. The molecule has 92 valence electrons. The Kier molecular flexibility index (Phi) is 3.66. The number of amides is 1. The number of aliphatic hydroxyl groups excluding tert-OH is 1. The Balaban J connectivity index is 2.01. The monoisotopic (exact) mass is 274 g/mol. The number of aliphatic hydroxyl groups is 1. The van der Waals surface area contributed by atoms with E-state index in [2.05, 4.69) is 9.69 Å². The molecule has 0 aliphatic heterocycles. The van der Waals surface area contributed by atoms with Crippen molar-refractivity contribution >= 4 is 29.0 Å². The summed E-state index contributed by atoms with van der Waals surface area (Å²) in [5.74, 6) is -0.285. The van der Waals surface area contributed by atoms with Gasteiger partial charge in [0.15, 0.2) is 0 Å². The zero-order valence-electron chi connectivity index (χ0n) is 8.77. The molecular formula is C10H11ClN2O3S. The third-order valence-electron chi connectivity index (χ3n) is 2.57. The van der Waals surface area contributed by atoms with E-state index in [1.807, 2.05) is 12.2 Å². The molecule has 0 bridgehead atoms. The maximum atomic E-state index is 11.8. The zero-order valence-corrected chi connectivity index (χ0v) is 10.3. The molecule has 0 spiro atoms. The normalized spacial score (nSPS) is 22.9. The van der Waals surface area contributed by atoms with Crippen LogP contribution in [0.15, 0.2) is 16.9 Å². The Morgan fingerprint density at radius 2 is 2.41 bits per heavy atom. The van der Waals surface area contributed by atoms with E-state index in [1.165, 1.54) is 0 Å². The quantitative estimate of drug-likeness (QED) is 0.712. The first-order valence-corrected chi connectivity index (χ1v) is 6.28. The molecule has 17 heavy (non-hydrogen) atoms. The van der Waals surface area contributed by atoms with Gasteiger partial charge in [0.2, 0.25) is 0 Å². The highest BCUT2D eigenvalue weighted by Crippen LogP contribution is 2.19. The summed E-state index contributed by atoms with van der Waals surface area (Å²) < 4.78 is 2.40. The SMILES string of the molecule is O=C(N[C@@H]1C=C[C@H](CO)C1)c1s[nH]c(=O)c1Cl. The number of rotatable bonds is 3. The van der Waals surface area contributed by atoms with Gasteiger partial charge < -0.3 is 10.4 Å². The Hall–Kier alpha value is -1.11. The van der Waals surface area contributed by atoms with E-state index >= 15 is 0 Å². The lowest BCUT2D eigenvalue weighted by atomic mass is 10.1. The van der Waals surface area contributed by atoms with E-state index in [-0.39, 0.29) is 34.4 Å². The van der Waals surface area contributed by atoms with Gasteiger partial charge >= 0.3 is 0 Å². The number of halogens is 1. The van der Waals surface area contributed by atoms with E-state index in [0.717, 1.165) is 11.5 Å². The van der Waals surface area contributed by atoms with Gasteiger partial charge in [-0.3, -0.25) is 14.0 Å². The van der Waals surface area contributed by atoms with Gasteiger partial charge in [-0.05, 0) is 6.42 Å². The fraction of sp³-hybridized carbons (Fsp3) is 0.400. The molecule has 0 aromatic carbocycles. The molecule has 0 saturated carbocycles. The first-order valence-electron chi connectivity index (χ1n) is 5.09. The molecule has 5 nitrogen and oxygen atoms in total. The van der Waals surface area contributed by atoms with Gasteiger partial charge in [0.25, 0.3) is 11.5 Å². The van der Waals surface area contributed by atoms with Crippen LogP contribution in [0.5, 0.6) is 0 Å². The first kappa shape index (κ1) is 12.3. The Bertz CT molecular complexity index is 508. The summed E-state index contributed by atoms with van der Waals surface area (Å²) in [5, 5.41) is 11.6. The second-order valence-electron chi connectivity index (χ2n) is 3.82. The molecule has 0 fully saturated rings. The predicted octanol–water partition coefficient (Wildman–Crippen LogP) is 0.757. The number of H-pyrrole nitrogens is 1. The highest BCUT2D eigenvalue weighted by molar-refractivity contribution is 7.08. The lowest BCUT2D eigenvalue weighted by Crippen LogP contribution is -2.32. The van der Waals surface area contributed by atoms with Gasteiger partial charge in [0.05, 0.1) is 0 Å². The molecule has 2 rings (SSSR count). The summed E-state index contributed by atoms with van der Waals surface area (Å²) in [4.78, 5) is 23.1. The number of aromatic amines is 1. The molecule has 3 N–H and O–H groups in total. The van der Waals surface area contributed by atoms with Crippen LogP contribution in [0.1, 0.15) is 16.1 Å². The van der Waals surface area contributed by atoms with Gasteiger partial charge in [0, 0.05) is 18.6 Å². The summed E-state index contributed by atoms with van der Waals surface area (Å²) in [6.07, 6.45) is 4.37. The van der Waals surface area contributed by atoms with Crippen LogP contribution in [0.3, 0.4) is 0 Å². The van der Waals surface area contributed by atoms with Crippen LogP contribution >= 0.6 is 23.1 Å². The van der Waals surface area contributed by atoms with Crippen molar-refractivity contribution in [2.75, 3.05) is 6.61 Å². The van der Waals surface area contributed by atoms with Crippen molar-refractivity contribution in [1.82, 2.24) is 9.69 Å². The summed E-state index contributed by atoms with van der Waals surface area (Å²) >= 11 is 6.61. The van der Waals surface area contributed by atoms with Crippen LogP contribution in [0.25, 0.3) is 0 Å². The van der Waals surface area contributed by atoms with Gasteiger partial charge in [-0.15, -0.1) is 0 Å². The van der Waals surface area contributed by atoms with Crippen molar-refractivity contribution in [2.24, 2.45) is 5.92 Å². The smallest absolute Gasteiger partial charge is 0.277 e. The summed E-state index contributed by atoms with van der Waals surface area (Å²) in [7, 11) is 0. The largest absolute Gasteiger partial charge is 0.396 e.